The zero-order chi connectivity index (χ0) is 45.7. The molecule has 15 nitrogen and oxygen atoms in total. The Morgan fingerprint density at radius 1 is 0.887 bits per heavy atom. The SMILES string of the molecule is CC[C@@H](O)C[C@H]1CCC[C@@]2(C[C@@H]3OC(=O)/C=C\[C@@](C)(O)[C@@H](O)[C@H](C)[C@@H](O)[C@H](O[C@H]4C[C@H](O)[C@H](N(C)C)[C@H](C)O4)[C@@H](O)[C@@H](C)CCC/C=C\[C@@H]4C[C@H](C)[C@H](O)O[C@H]4C[C@H](O2)[C@H]3C)O1. The fraction of sp³-hybridized carbons (Fsp3) is 0.894. The van der Waals surface area contributed by atoms with Crippen LogP contribution in [0.1, 0.15) is 126 Å². The maximum atomic E-state index is 13.7. The molecule has 0 amide bonds. The third kappa shape index (κ3) is 12.9. The summed E-state index contributed by atoms with van der Waals surface area (Å²) >= 11 is 0. The highest BCUT2D eigenvalue weighted by Gasteiger charge is 2.52. The first-order chi connectivity index (χ1) is 29.1. The smallest absolute Gasteiger partial charge is 0.330 e. The molecular formula is C47H81NO14. The number of rotatable bonds is 6. The minimum absolute atomic E-state index is 0.0463. The highest BCUT2D eigenvalue weighted by Crippen LogP contribution is 2.46. The third-order valence-corrected chi connectivity index (χ3v) is 14.6. The first kappa shape index (κ1) is 51.4. The number of fused-ring (bicyclic) bond motifs is 3. The predicted octanol–water partition coefficient (Wildman–Crippen LogP) is 3.71. The van der Waals surface area contributed by atoms with Crippen molar-refractivity contribution in [2.75, 3.05) is 14.1 Å². The van der Waals surface area contributed by atoms with Gasteiger partial charge in [-0.3, -0.25) is 0 Å². The Morgan fingerprint density at radius 3 is 2.29 bits per heavy atom. The Morgan fingerprint density at radius 2 is 1.61 bits per heavy atom. The van der Waals surface area contributed by atoms with Gasteiger partial charge < -0.3 is 69.1 Å². The van der Waals surface area contributed by atoms with Gasteiger partial charge >= 0.3 is 5.97 Å². The minimum Gasteiger partial charge on any atom is -0.459 e. The van der Waals surface area contributed by atoms with Crippen LogP contribution in [-0.4, -0.2) is 158 Å². The van der Waals surface area contributed by atoms with E-state index in [-0.39, 0.29) is 48.7 Å². The van der Waals surface area contributed by atoms with Crippen molar-refractivity contribution in [3.63, 3.8) is 0 Å². The number of nitrogens with zero attached hydrogens (tertiary/aromatic N) is 1. The van der Waals surface area contributed by atoms with Gasteiger partial charge in [0.25, 0.3) is 0 Å². The molecule has 0 radical (unpaired) electrons. The minimum atomic E-state index is -2.04. The summed E-state index contributed by atoms with van der Waals surface area (Å²) in [5, 5.41) is 79.5. The van der Waals surface area contributed by atoms with Crippen LogP contribution < -0.4 is 0 Å². The largest absolute Gasteiger partial charge is 0.459 e. The first-order valence-corrected chi connectivity index (χ1v) is 23.5. The standard InChI is InChI=1S/C47H81NO14/c1-10-32(49)22-33-17-14-19-47(61-33)25-37-28(4)35(62-47)24-36-31(21-27(3)45(55)59-36)16-13-11-12-15-26(2)41(52)43(60-39-23-34(50)40(48(8)9)30(6)57-39)42(53)29(5)44(54)46(7,56)20-18-38(51)58-37/h13,16,18,20,26-37,39-45,49-50,52-56H,10-12,14-15,17,19,21-25H2,1-9H3/b16-13-,20-18-/t26-,27-,28+,29+,30-,31+,32+,33+,34-,35-,36-,37-,39-,40+,41-,42+,43+,44-,45+,46+,47+/m0/s1. The van der Waals surface area contributed by atoms with E-state index >= 15 is 0 Å². The van der Waals surface area contributed by atoms with E-state index in [0.717, 1.165) is 25.0 Å². The van der Waals surface area contributed by atoms with E-state index in [1.807, 2.05) is 53.6 Å². The van der Waals surface area contributed by atoms with E-state index in [1.54, 1.807) is 0 Å². The van der Waals surface area contributed by atoms with Crippen LogP contribution in [0, 0.1) is 29.6 Å². The van der Waals surface area contributed by atoms with Gasteiger partial charge in [-0.15, -0.1) is 0 Å². The topological polar surface area (TPSA) is 217 Å². The number of hydrogen-bond donors (Lipinski definition) is 7. The Bertz CT molecular complexity index is 1450. The zero-order valence-electron chi connectivity index (χ0n) is 38.7. The molecule has 358 valence electrons. The van der Waals surface area contributed by atoms with Crippen molar-refractivity contribution in [3.05, 3.63) is 24.3 Å². The molecule has 5 heterocycles. The summed E-state index contributed by atoms with van der Waals surface area (Å²) in [6, 6.07) is -0.294. The van der Waals surface area contributed by atoms with Crippen molar-refractivity contribution in [3.8, 4) is 0 Å². The summed E-state index contributed by atoms with van der Waals surface area (Å²) in [4.78, 5) is 15.6. The van der Waals surface area contributed by atoms with Gasteiger partial charge in [-0.1, -0.05) is 46.8 Å². The molecule has 7 N–H and O–H groups in total. The van der Waals surface area contributed by atoms with Crippen molar-refractivity contribution in [2.24, 2.45) is 29.6 Å². The van der Waals surface area contributed by atoms with Crippen LogP contribution in [0.3, 0.4) is 0 Å². The van der Waals surface area contributed by atoms with Crippen LogP contribution in [0.25, 0.3) is 0 Å². The summed E-state index contributed by atoms with van der Waals surface area (Å²) in [7, 11) is 3.70. The van der Waals surface area contributed by atoms with E-state index in [4.69, 9.17) is 28.4 Å². The van der Waals surface area contributed by atoms with Gasteiger partial charge in [-0.05, 0) is 91.3 Å². The van der Waals surface area contributed by atoms with Crippen molar-refractivity contribution in [1.82, 2.24) is 4.90 Å². The number of carbonyl (C=O) groups excluding carboxylic acids is 1. The second-order valence-electron chi connectivity index (χ2n) is 20.0. The average Bonchev–Trinajstić information content (AvgIpc) is 3.20. The van der Waals surface area contributed by atoms with Gasteiger partial charge in [0.15, 0.2) is 18.4 Å². The fourth-order valence-corrected chi connectivity index (χ4v) is 10.5. The summed E-state index contributed by atoms with van der Waals surface area (Å²) in [6.07, 6.45) is 1.91. The van der Waals surface area contributed by atoms with Crippen LogP contribution in [0.2, 0.25) is 0 Å². The Kier molecular flexibility index (Phi) is 18.5. The number of likely N-dealkylation sites (N-methyl/N-ethyl adjacent to an activating group) is 1. The molecular weight excluding hydrogens is 803 g/mol. The lowest BCUT2D eigenvalue weighted by Crippen LogP contribution is -2.57. The summed E-state index contributed by atoms with van der Waals surface area (Å²) in [5.74, 6) is -3.76. The molecule has 4 fully saturated rings. The van der Waals surface area contributed by atoms with E-state index in [2.05, 4.69) is 12.2 Å². The summed E-state index contributed by atoms with van der Waals surface area (Å²) in [5.41, 5.74) is -2.04. The number of esters is 1. The maximum absolute atomic E-state index is 13.7. The first-order valence-electron chi connectivity index (χ1n) is 23.5. The lowest BCUT2D eigenvalue weighted by Gasteiger charge is -2.51. The predicted molar refractivity (Wildman–Crippen MR) is 230 cm³/mol. The number of ether oxygens (including phenoxy) is 6. The van der Waals surface area contributed by atoms with Crippen molar-refractivity contribution >= 4 is 5.97 Å². The molecule has 1 spiro atoms. The van der Waals surface area contributed by atoms with E-state index < -0.39 is 96.9 Å². The van der Waals surface area contributed by atoms with Crippen LogP contribution in [-0.2, 0) is 33.2 Å². The fourth-order valence-electron chi connectivity index (χ4n) is 10.5. The number of aliphatic hydroxyl groups is 7. The molecule has 21 atom stereocenters. The monoisotopic (exact) mass is 884 g/mol. The highest BCUT2D eigenvalue weighted by atomic mass is 16.7. The molecule has 5 rings (SSSR count). The van der Waals surface area contributed by atoms with Crippen molar-refractivity contribution in [1.29, 1.82) is 0 Å². The average molecular weight is 884 g/mol. The van der Waals surface area contributed by atoms with E-state index in [1.165, 1.54) is 13.8 Å². The van der Waals surface area contributed by atoms with E-state index in [0.29, 0.717) is 51.4 Å². The van der Waals surface area contributed by atoms with E-state index in [9.17, 15) is 40.5 Å². The Hall–Kier alpha value is -1.57. The maximum Gasteiger partial charge on any atom is 0.330 e. The molecule has 4 saturated heterocycles. The van der Waals surface area contributed by atoms with Crippen molar-refractivity contribution < 1.29 is 69.0 Å². The number of carbonyl (C=O) groups is 1. The molecule has 0 aromatic heterocycles. The van der Waals surface area contributed by atoms with Crippen molar-refractivity contribution in [2.45, 2.75) is 223 Å². The van der Waals surface area contributed by atoms with Gasteiger partial charge in [0, 0.05) is 55.4 Å². The molecule has 0 aromatic carbocycles. The molecule has 0 aliphatic carbocycles. The molecule has 2 bridgehead atoms. The van der Waals surface area contributed by atoms with Crippen LogP contribution in [0.15, 0.2) is 24.3 Å². The summed E-state index contributed by atoms with van der Waals surface area (Å²) < 4.78 is 38.5. The number of hydrogen-bond acceptors (Lipinski definition) is 15. The number of allylic oxidation sites excluding steroid dienone is 1. The van der Waals surface area contributed by atoms with Crippen LogP contribution >= 0.6 is 0 Å². The quantitative estimate of drug-likeness (QED) is 0.150. The molecule has 5 aliphatic rings. The second-order valence-corrected chi connectivity index (χ2v) is 20.0. The van der Waals surface area contributed by atoms with Gasteiger partial charge in [-0.2, -0.15) is 0 Å². The lowest BCUT2D eigenvalue weighted by atomic mass is 9.79. The lowest BCUT2D eigenvalue weighted by molar-refractivity contribution is -0.345. The Balaban J connectivity index is 1.44. The third-order valence-electron chi connectivity index (χ3n) is 14.6. The molecule has 0 unspecified atom stereocenters. The molecule has 0 saturated carbocycles. The van der Waals surface area contributed by atoms with Crippen LogP contribution in [0.4, 0.5) is 0 Å². The van der Waals surface area contributed by atoms with Crippen LogP contribution in [0.5, 0.6) is 0 Å². The summed E-state index contributed by atoms with van der Waals surface area (Å²) in [6.45, 7) is 12.4. The van der Waals surface area contributed by atoms with Gasteiger partial charge in [0.2, 0.25) is 0 Å². The molecule has 5 aliphatic heterocycles. The second kappa shape index (κ2) is 22.3. The van der Waals surface area contributed by atoms with Gasteiger partial charge in [0.05, 0.1) is 61.0 Å². The zero-order valence-corrected chi connectivity index (χ0v) is 38.7. The normalized spacial score (nSPS) is 48.6. The molecule has 15 heteroatoms. The van der Waals surface area contributed by atoms with Gasteiger partial charge in [-0.25, -0.2) is 4.79 Å². The highest BCUT2D eigenvalue weighted by molar-refractivity contribution is 5.82. The number of aliphatic hydroxyl groups excluding tert-OH is 6. The molecule has 0 aromatic rings. The molecule has 62 heavy (non-hydrogen) atoms. The van der Waals surface area contributed by atoms with Gasteiger partial charge in [0.1, 0.15) is 17.8 Å². The Labute approximate surface area is 369 Å².